The minimum Gasteiger partial charge on any atom is -0.378 e. The lowest BCUT2D eigenvalue weighted by molar-refractivity contribution is -0.122. The van der Waals surface area contributed by atoms with Crippen LogP contribution < -0.4 is 10.6 Å². The molecule has 1 saturated heterocycles. The predicted octanol–water partition coefficient (Wildman–Crippen LogP) is -1.62. The minimum atomic E-state index is -0.0714. The van der Waals surface area contributed by atoms with Gasteiger partial charge in [0.25, 0.3) is 0 Å². The molecule has 0 bridgehead atoms. The first kappa shape index (κ1) is 11.0. The Morgan fingerprint density at radius 3 is 3.31 bits per heavy atom. The number of aromatic nitrogens is 3. The molecule has 2 heterocycles. The molecule has 1 aliphatic rings. The van der Waals surface area contributed by atoms with Crippen molar-refractivity contribution in [3.63, 3.8) is 0 Å². The molecule has 1 aromatic heterocycles. The highest BCUT2D eigenvalue weighted by Gasteiger charge is 2.13. The third-order valence-corrected chi connectivity index (χ3v) is 2.32. The van der Waals surface area contributed by atoms with E-state index in [2.05, 4.69) is 20.7 Å². The number of carbonyl (C=O) groups excluding carboxylic acids is 1. The summed E-state index contributed by atoms with van der Waals surface area (Å²) in [5.41, 5.74) is 0. The number of amides is 1. The number of carbonyl (C=O) groups is 1. The number of morpholine rings is 1. The van der Waals surface area contributed by atoms with E-state index in [1.807, 2.05) is 0 Å². The lowest BCUT2D eigenvalue weighted by Crippen LogP contribution is -2.48. The van der Waals surface area contributed by atoms with Crippen LogP contribution in [0.4, 0.5) is 0 Å². The van der Waals surface area contributed by atoms with Crippen molar-refractivity contribution in [1.29, 1.82) is 0 Å². The van der Waals surface area contributed by atoms with Gasteiger partial charge >= 0.3 is 0 Å². The van der Waals surface area contributed by atoms with E-state index in [0.29, 0.717) is 13.2 Å². The van der Waals surface area contributed by atoms with Crippen molar-refractivity contribution in [2.75, 3.05) is 26.3 Å². The Morgan fingerprint density at radius 1 is 1.69 bits per heavy atom. The second-order valence-electron chi connectivity index (χ2n) is 3.62. The lowest BCUT2D eigenvalue weighted by atomic mass is 10.3. The summed E-state index contributed by atoms with van der Waals surface area (Å²) in [6.07, 6.45) is 2.92. The van der Waals surface area contributed by atoms with Gasteiger partial charge in [-0.1, -0.05) is 0 Å². The Kier molecular flexibility index (Phi) is 3.84. The summed E-state index contributed by atoms with van der Waals surface area (Å²) in [4.78, 5) is 15.2. The molecule has 0 spiro atoms. The van der Waals surface area contributed by atoms with Gasteiger partial charge in [-0.3, -0.25) is 4.79 Å². The van der Waals surface area contributed by atoms with Crippen LogP contribution in [0.3, 0.4) is 0 Å². The van der Waals surface area contributed by atoms with Crippen molar-refractivity contribution >= 4 is 5.91 Å². The first-order valence-electron chi connectivity index (χ1n) is 5.25. The average Bonchev–Trinajstić information content (AvgIpc) is 2.81. The van der Waals surface area contributed by atoms with Crippen LogP contribution in [-0.4, -0.2) is 53.0 Å². The van der Waals surface area contributed by atoms with Gasteiger partial charge in [0.1, 0.15) is 19.2 Å². The molecule has 88 valence electrons. The zero-order valence-corrected chi connectivity index (χ0v) is 8.93. The van der Waals surface area contributed by atoms with Gasteiger partial charge in [0.2, 0.25) is 5.91 Å². The van der Waals surface area contributed by atoms with E-state index in [9.17, 15) is 4.79 Å². The first-order chi connectivity index (χ1) is 7.84. The summed E-state index contributed by atoms with van der Waals surface area (Å²) < 4.78 is 6.77. The fourth-order valence-electron chi connectivity index (χ4n) is 1.51. The van der Waals surface area contributed by atoms with Crippen molar-refractivity contribution in [3.8, 4) is 0 Å². The van der Waals surface area contributed by atoms with Gasteiger partial charge in [-0.25, -0.2) is 9.67 Å². The van der Waals surface area contributed by atoms with Crippen LogP contribution in [0, 0.1) is 0 Å². The average molecular weight is 225 g/mol. The van der Waals surface area contributed by atoms with Crippen LogP contribution in [0.5, 0.6) is 0 Å². The van der Waals surface area contributed by atoms with Crippen molar-refractivity contribution in [3.05, 3.63) is 12.7 Å². The summed E-state index contributed by atoms with van der Waals surface area (Å²) >= 11 is 0. The monoisotopic (exact) mass is 225 g/mol. The van der Waals surface area contributed by atoms with Crippen LogP contribution in [0.1, 0.15) is 0 Å². The zero-order chi connectivity index (χ0) is 11.2. The highest BCUT2D eigenvalue weighted by molar-refractivity contribution is 5.75. The number of nitrogens with zero attached hydrogens (tertiary/aromatic N) is 3. The van der Waals surface area contributed by atoms with Crippen LogP contribution in [0.15, 0.2) is 12.7 Å². The molecule has 1 atom stereocenters. The SMILES string of the molecule is O=C(Cn1cncn1)NCC1COCCN1. The summed E-state index contributed by atoms with van der Waals surface area (Å²) in [5.74, 6) is -0.0714. The topological polar surface area (TPSA) is 81.1 Å². The molecule has 0 radical (unpaired) electrons. The van der Waals surface area contributed by atoms with Crippen molar-refractivity contribution in [2.45, 2.75) is 12.6 Å². The second-order valence-corrected chi connectivity index (χ2v) is 3.62. The molecular formula is C9H15N5O2. The summed E-state index contributed by atoms with van der Waals surface area (Å²) in [5, 5.41) is 9.93. The Labute approximate surface area is 93.2 Å². The highest BCUT2D eigenvalue weighted by Crippen LogP contribution is 1.91. The van der Waals surface area contributed by atoms with Crippen LogP contribution in [-0.2, 0) is 16.1 Å². The standard InChI is InChI=1S/C9H15N5O2/c15-9(4-14-7-10-6-13-14)12-3-8-5-16-2-1-11-8/h6-8,11H,1-5H2,(H,12,15). The fourth-order valence-corrected chi connectivity index (χ4v) is 1.51. The quantitative estimate of drug-likeness (QED) is 0.644. The summed E-state index contributed by atoms with van der Waals surface area (Å²) in [6.45, 7) is 3.00. The molecule has 2 rings (SSSR count). The lowest BCUT2D eigenvalue weighted by Gasteiger charge is -2.23. The minimum absolute atomic E-state index is 0.0714. The Balaban J connectivity index is 1.67. The van der Waals surface area contributed by atoms with E-state index in [-0.39, 0.29) is 18.5 Å². The molecule has 1 fully saturated rings. The first-order valence-corrected chi connectivity index (χ1v) is 5.25. The van der Waals surface area contributed by atoms with Gasteiger partial charge in [-0.2, -0.15) is 5.10 Å². The van der Waals surface area contributed by atoms with Crippen LogP contribution in [0.2, 0.25) is 0 Å². The highest BCUT2D eigenvalue weighted by atomic mass is 16.5. The molecule has 0 aliphatic carbocycles. The number of ether oxygens (including phenoxy) is 1. The summed E-state index contributed by atoms with van der Waals surface area (Å²) in [6, 6.07) is 0.202. The molecule has 7 nitrogen and oxygen atoms in total. The summed E-state index contributed by atoms with van der Waals surface area (Å²) in [7, 11) is 0. The number of nitrogens with one attached hydrogen (secondary N) is 2. The second kappa shape index (κ2) is 5.57. The third kappa shape index (κ3) is 3.28. The van der Waals surface area contributed by atoms with E-state index in [0.717, 1.165) is 13.2 Å². The molecule has 2 N–H and O–H groups in total. The molecule has 1 unspecified atom stereocenters. The normalized spacial score (nSPS) is 20.6. The fraction of sp³-hybridized carbons (Fsp3) is 0.667. The van der Waals surface area contributed by atoms with Crippen LogP contribution in [0.25, 0.3) is 0 Å². The molecule has 7 heteroatoms. The zero-order valence-electron chi connectivity index (χ0n) is 8.93. The van der Waals surface area contributed by atoms with Gasteiger partial charge in [0.05, 0.1) is 13.2 Å². The third-order valence-electron chi connectivity index (χ3n) is 2.32. The smallest absolute Gasteiger partial charge is 0.241 e. The van der Waals surface area contributed by atoms with Gasteiger partial charge in [0.15, 0.2) is 0 Å². The Hall–Kier alpha value is -1.47. The molecule has 0 saturated carbocycles. The molecule has 16 heavy (non-hydrogen) atoms. The number of hydrogen-bond donors (Lipinski definition) is 2. The van der Waals surface area contributed by atoms with E-state index >= 15 is 0 Å². The molecule has 1 amide bonds. The van der Waals surface area contributed by atoms with E-state index in [1.54, 1.807) is 0 Å². The van der Waals surface area contributed by atoms with E-state index < -0.39 is 0 Å². The van der Waals surface area contributed by atoms with E-state index in [4.69, 9.17) is 4.74 Å². The molecular weight excluding hydrogens is 210 g/mol. The van der Waals surface area contributed by atoms with Crippen molar-refractivity contribution < 1.29 is 9.53 Å². The maximum Gasteiger partial charge on any atom is 0.241 e. The number of hydrogen-bond acceptors (Lipinski definition) is 5. The number of rotatable bonds is 4. The molecule has 0 aromatic carbocycles. The largest absolute Gasteiger partial charge is 0.378 e. The van der Waals surface area contributed by atoms with Gasteiger partial charge < -0.3 is 15.4 Å². The maximum atomic E-state index is 11.5. The Bertz CT molecular complexity index is 321. The van der Waals surface area contributed by atoms with Gasteiger partial charge in [0, 0.05) is 19.1 Å². The van der Waals surface area contributed by atoms with Gasteiger partial charge in [-0.15, -0.1) is 0 Å². The molecule has 1 aliphatic heterocycles. The van der Waals surface area contributed by atoms with E-state index in [1.165, 1.54) is 17.3 Å². The van der Waals surface area contributed by atoms with Crippen LogP contribution >= 0.6 is 0 Å². The van der Waals surface area contributed by atoms with Crippen molar-refractivity contribution in [2.24, 2.45) is 0 Å². The molecule has 1 aromatic rings. The van der Waals surface area contributed by atoms with Gasteiger partial charge in [-0.05, 0) is 0 Å². The maximum absolute atomic E-state index is 11.5. The van der Waals surface area contributed by atoms with Crippen molar-refractivity contribution in [1.82, 2.24) is 25.4 Å². The Morgan fingerprint density at radius 2 is 2.62 bits per heavy atom. The predicted molar refractivity (Wildman–Crippen MR) is 55.6 cm³/mol.